The van der Waals surface area contributed by atoms with Crippen molar-refractivity contribution in [2.24, 2.45) is 0 Å². The first-order valence-corrected chi connectivity index (χ1v) is 12.9. The Balaban J connectivity index is 1.74. The van der Waals surface area contributed by atoms with E-state index in [-0.39, 0.29) is 17.3 Å². The first-order valence-electron chi connectivity index (χ1n) is 10.6. The average molecular weight is 466 g/mol. The molecule has 2 heterocycles. The first-order chi connectivity index (χ1) is 14.8. The number of hydrogen-bond donors (Lipinski definition) is 1. The van der Waals surface area contributed by atoms with Crippen molar-refractivity contribution >= 4 is 33.0 Å². The van der Waals surface area contributed by atoms with Gasteiger partial charge >= 0.3 is 0 Å². The highest BCUT2D eigenvalue weighted by atomic mass is 32.2. The third-order valence-electron chi connectivity index (χ3n) is 5.27. The Morgan fingerprint density at radius 3 is 2.61 bits per heavy atom. The average Bonchev–Trinajstić information content (AvgIpc) is 3.14. The summed E-state index contributed by atoms with van der Waals surface area (Å²) in [6, 6.07) is 6.75. The lowest BCUT2D eigenvalue weighted by atomic mass is 10.2. The molecule has 0 bridgehead atoms. The second-order valence-corrected chi connectivity index (χ2v) is 10.7. The van der Waals surface area contributed by atoms with E-state index >= 15 is 0 Å². The molecule has 1 fully saturated rings. The number of carbonyl (C=O) groups excluding carboxylic acids is 1. The van der Waals surface area contributed by atoms with Crippen LogP contribution in [0.2, 0.25) is 0 Å². The van der Waals surface area contributed by atoms with E-state index < -0.39 is 10.0 Å². The molecular formula is C22H31N3O4S2. The molecule has 170 valence electrons. The number of ether oxygens (including phenoxy) is 1. The molecule has 1 N–H and O–H groups in total. The summed E-state index contributed by atoms with van der Waals surface area (Å²) in [6.45, 7) is 6.25. The number of sulfonamides is 1. The van der Waals surface area contributed by atoms with Crippen molar-refractivity contribution in [1.29, 1.82) is 0 Å². The summed E-state index contributed by atoms with van der Waals surface area (Å²) in [5.41, 5.74) is 1.59. The van der Waals surface area contributed by atoms with Crippen molar-refractivity contribution < 1.29 is 17.9 Å². The van der Waals surface area contributed by atoms with Gasteiger partial charge in [0.25, 0.3) is 0 Å². The molecule has 0 saturated carbocycles. The van der Waals surface area contributed by atoms with Crippen LogP contribution >= 0.6 is 11.3 Å². The SMILES string of the molecule is CCOc1ccc(S(=O)(=O)N2CCCCC2)cc1NC(=O)CN(C)Cc1sccc1C. The molecule has 9 heteroatoms. The summed E-state index contributed by atoms with van der Waals surface area (Å²) < 4.78 is 33.2. The van der Waals surface area contributed by atoms with Crippen molar-refractivity contribution in [3.63, 3.8) is 0 Å². The van der Waals surface area contributed by atoms with E-state index in [4.69, 9.17) is 4.74 Å². The van der Waals surface area contributed by atoms with Crippen LogP contribution in [0, 0.1) is 6.92 Å². The zero-order valence-electron chi connectivity index (χ0n) is 18.4. The molecule has 1 aliphatic heterocycles. The lowest BCUT2D eigenvalue weighted by Crippen LogP contribution is -2.35. The zero-order chi connectivity index (χ0) is 22.4. The maximum Gasteiger partial charge on any atom is 0.243 e. The molecule has 0 unspecified atom stereocenters. The van der Waals surface area contributed by atoms with E-state index in [9.17, 15) is 13.2 Å². The highest BCUT2D eigenvalue weighted by Crippen LogP contribution is 2.30. The van der Waals surface area contributed by atoms with E-state index in [0.29, 0.717) is 37.7 Å². The van der Waals surface area contributed by atoms with Gasteiger partial charge in [0.1, 0.15) is 5.75 Å². The fourth-order valence-corrected chi connectivity index (χ4v) is 6.13. The second-order valence-electron chi connectivity index (χ2n) is 7.80. The fourth-order valence-electron chi connectivity index (χ4n) is 3.60. The van der Waals surface area contributed by atoms with Crippen LogP contribution in [-0.2, 0) is 21.4 Å². The first kappa shape index (κ1) is 23.7. The Labute approximate surface area is 189 Å². The number of rotatable bonds is 9. The van der Waals surface area contributed by atoms with Gasteiger partial charge in [-0.3, -0.25) is 9.69 Å². The van der Waals surface area contributed by atoms with Crippen molar-refractivity contribution in [3.05, 3.63) is 40.1 Å². The zero-order valence-corrected chi connectivity index (χ0v) is 20.0. The van der Waals surface area contributed by atoms with Gasteiger partial charge in [-0.1, -0.05) is 6.42 Å². The molecule has 1 aromatic heterocycles. The van der Waals surface area contributed by atoms with Gasteiger partial charge in [0, 0.05) is 24.5 Å². The van der Waals surface area contributed by atoms with Gasteiger partial charge in [-0.25, -0.2) is 8.42 Å². The number of nitrogens with zero attached hydrogens (tertiary/aromatic N) is 2. The molecule has 1 aliphatic rings. The molecule has 0 spiro atoms. The van der Waals surface area contributed by atoms with Crippen molar-refractivity contribution in [1.82, 2.24) is 9.21 Å². The summed E-state index contributed by atoms with van der Waals surface area (Å²) in [7, 11) is -1.71. The van der Waals surface area contributed by atoms with Gasteiger partial charge in [-0.2, -0.15) is 4.31 Å². The minimum atomic E-state index is -3.60. The van der Waals surface area contributed by atoms with Gasteiger partial charge in [0.15, 0.2) is 0 Å². The lowest BCUT2D eigenvalue weighted by Gasteiger charge is -2.26. The van der Waals surface area contributed by atoms with E-state index in [1.54, 1.807) is 23.5 Å². The number of hydrogen-bond acceptors (Lipinski definition) is 6. The molecule has 1 aromatic carbocycles. The number of thiophene rings is 1. The lowest BCUT2D eigenvalue weighted by molar-refractivity contribution is -0.117. The number of aryl methyl sites for hydroxylation is 1. The van der Waals surface area contributed by atoms with Crippen LogP contribution in [0.15, 0.2) is 34.5 Å². The number of piperidine rings is 1. The highest BCUT2D eigenvalue weighted by Gasteiger charge is 2.27. The molecule has 0 aliphatic carbocycles. The third kappa shape index (κ3) is 6.06. The van der Waals surface area contributed by atoms with Crippen molar-refractivity contribution in [3.8, 4) is 5.75 Å². The quantitative estimate of drug-likeness (QED) is 0.611. The fraction of sp³-hybridized carbons (Fsp3) is 0.500. The summed E-state index contributed by atoms with van der Waals surface area (Å²) >= 11 is 1.67. The highest BCUT2D eigenvalue weighted by molar-refractivity contribution is 7.89. The minimum absolute atomic E-state index is 0.177. The largest absolute Gasteiger partial charge is 0.492 e. The summed E-state index contributed by atoms with van der Waals surface area (Å²) in [5, 5.41) is 4.89. The van der Waals surface area contributed by atoms with Crippen molar-refractivity contribution in [2.45, 2.75) is 44.6 Å². The van der Waals surface area contributed by atoms with Crippen LogP contribution < -0.4 is 10.1 Å². The molecular weight excluding hydrogens is 434 g/mol. The van der Waals surface area contributed by atoms with Crippen LogP contribution in [0.1, 0.15) is 36.6 Å². The smallest absolute Gasteiger partial charge is 0.243 e. The standard InChI is InChI=1S/C22H31N3O4S2/c1-4-29-20-9-8-18(31(27,28)25-11-6-5-7-12-25)14-19(20)23-22(26)16-24(3)15-21-17(2)10-13-30-21/h8-10,13-14H,4-7,11-12,15-16H2,1-3H3,(H,23,26). The summed E-state index contributed by atoms with van der Waals surface area (Å²) in [6.07, 6.45) is 2.79. The molecule has 1 amide bonds. The Bertz CT molecular complexity index is 998. The number of carbonyl (C=O) groups is 1. The van der Waals surface area contributed by atoms with Gasteiger partial charge in [0.2, 0.25) is 15.9 Å². The number of benzene rings is 1. The van der Waals surface area contributed by atoms with Gasteiger partial charge in [0.05, 0.1) is 23.7 Å². The van der Waals surface area contributed by atoms with E-state index in [0.717, 1.165) is 19.3 Å². The summed E-state index contributed by atoms with van der Waals surface area (Å²) in [5.74, 6) is 0.246. The van der Waals surface area contributed by atoms with Crippen LogP contribution in [0.25, 0.3) is 0 Å². The molecule has 31 heavy (non-hydrogen) atoms. The van der Waals surface area contributed by atoms with Gasteiger partial charge in [-0.15, -0.1) is 11.3 Å². The number of amides is 1. The van der Waals surface area contributed by atoms with Crippen LogP contribution in [0.4, 0.5) is 5.69 Å². The van der Waals surface area contributed by atoms with Crippen LogP contribution in [-0.4, -0.2) is 56.8 Å². The Morgan fingerprint density at radius 1 is 1.23 bits per heavy atom. The molecule has 7 nitrogen and oxygen atoms in total. The predicted molar refractivity (Wildman–Crippen MR) is 124 cm³/mol. The Morgan fingerprint density at radius 2 is 1.97 bits per heavy atom. The van der Waals surface area contributed by atoms with Crippen molar-refractivity contribution in [2.75, 3.05) is 38.6 Å². The normalized spacial score (nSPS) is 15.2. The Kier molecular flexibility index (Phi) is 8.10. The summed E-state index contributed by atoms with van der Waals surface area (Å²) in [4.78, 5) is 16.0. The molecule has 2 aromatic rings. The van der Waals surface area contributed by atoms with Gasteiger partial charge in [-0.05, 0) is 68.9 Å². The van der Waals surface area contributed by atoms with E-state index in [1.165, 1.54) is 20.8 Å². The topological polar surface area (TPSA) is 79.0 Å². The van der Waals surface area contributed by atoms with Crippen LogP contribution in [0.5, 0.6) is 5.75 Å². The maximum absolute atomic E-state index is 13.0. The monoisotopic (exact) mass is 465 g/mol. The number of likely N-dealkylation sites (N-methyl/N-ethyl adjacent to an activating group) is 1. The van der Waals surface area contributed by atoms with Gasteiger partial charge < -0.3 is 10.1 Å². The molecule has 0 atom stereocenters. The Hall–Kier alpha value is -1.94. The van der Waals surface area contributed by atoms with Crippen LogP contribution in [0.3, 0.4) is 0 Å². The number of anilines is 1. The van der Waals surface area contributed by atoms with E-state index in [2.05, 4.69) is 18.3 Å². The predicted octanol–water partition coefficient (Wildman–Crippen LogP) is 3.70. The molecule has 3 rings (SSSR count). The second kappa shape index (κ2) is 10.6. The third-order valence-corrected chi connectivity index (χ3v) is 8.18. The number of nitrogens with one attached hydrogen (secondary N) is 1. The molecule has 0 radical (unpaired) electrons. The maximum atomic E-state index is 13.0. The van der Waals surface area contributed by atoms with E-state index in [1.807, 2.05) is 24.3 Å². The molecule has 1 saturated heterocycles. The minimum Gasteiger partial charge on any atom is -0.492 e.